The summed E-state index contributed by atoms with van der Waals surface area (Å²) in [6, 6.07) is 7.07. The zero-order valence-corrected chi connectivity index (χ0v) is 11.0. The fourth-order valence-electron chi connectivity index (χ4n) is 1.98. The number of fused-ring (bicyclic) bond motifs is 1. The lowest BCUT2D eigenvalue weighted by molar-refractivity contribution is -0.138. The summed E-state index contributed by atoms with van der Waals surface area (Å²) in [6.45, 7) is 3.60. The van der Waals surface area contributed by atoms with Gasteiger partial charge in [0.25, 0.3) is 0 Å². The van der Waals surface area contributed by atoms with Crippen LogP contribution < -0.4 is 0 Å². The summed E-state index contributed by atoms with van der Waals surface area (Å²) in [6.07, 6.45) is -0.0338. The number of carbonyl (C=O) groups excluding carboxylic acids is 2. The molecule has 0 radical (unpaired) electrons. The minimum atomic E-state index is -0.585. The second kappa shape index (κ2) is 5.57. The molecule has 1 atom stereocenters. The van der Waals surface area contributed by atoms with E-state index in [4.69, 9.17) is 4.74 Å². The van der Waals surface area contributed by atoms with Crippen LogP contribution in [0.1, 0.15) is 36.2 Å². The van der Waals surface area contributed by atoms with Gasteiger partial charge in [0.2, 0.25) is 5.91 Å². The molecule has 1 aliphatic heterocycles. The van der Waals surface area contributed by atoms with E-state index in [0.717, 1.165) is 0 Å². The molecule has 98 valence electrons. The summed E-state index contributed by atoms with van der Waals surface area (Å²) in [5.74, 6) is 5.35. The molecule has 1 aromatic rings. The Balaban J connectivity index is 2.37. The van der Waals surface area contributed by atoms with Gasteiger partial charge >= 0.3 is 5.97 Å². The van der Waals surface area contributed by atoms with Crippen LogP contribution >= 0.6 is 0 Å². The van der Waals surface area contributed by atoms with Crippen molar-refractivity contribution >= 4 is 11.9 Å². The molecule has 0 saturated heterocycles. The van der Waals surface area contributed by atoms with Gasteiger partial charge < -0.3 is 9.64 Å². The normalized spacial score (nSPS) is 18.7. The van der Waals surface area contributed by atoms with E-state index in [1.807, 2.05) is 6.07 Å². The highest BCUT2D eigenvalue weighted by atomic mass is 16.6. The Hall–Kier alpha value is -2.28. The number of cyclic esters (lactones) is 1. The summed E-state index contributed by atoms with van der Waals surface area (Å²) in [4.78, 5) is 25.1. The van der Waals surface area contributed by atoms with Crippen LogP contribution in [0, 0.1) is 11.8 Å². The van der Waals surface area contributed by atoms with Crippen LogP contribution in [0.25, 0.3) is 0 Å². The fourth-order valence-corrected chi connectivity index (χ4v) is 1.98. The molecule has 1 unspecified atom stereocenters. The molecular formula is C15H15NO3. The minimum Gasteiger partial charge on any atom is -0.438 e. The van der Waals surface area contributed by atoms with Crippen LogP contribution in [0.3, 0.4) is 0 Å². The lowest BCUT2D eigenvalue weighted by Gasteiger charge is -2.27. The van der Waals surface area contributed by atoms with Crippen molar-refractivity contribution in [1.82, 2.24) is 4.90 Å². The highest BCUT2D eigenvalue weighted by molar-refractivity contribution is 5.92. The predicted octanol–water partition coefficient (Wildman–Crippen LogP) is 1.79. The predicted molar refractivity (Wildman–Crippen MR) is 70.2 cm³/mol. The quantitative estimate of drug-likeness (QED) is 0.526. The van der Waals surface area contributed by atoms with Gasteiger partial charge in [0, 0.05) is 25.5 Å². The van der Waals surface area contributed by atoms with Gasteiger partial charge in [-0.05, 0) is 19.1 Å². The van der Waals surface area contributed by atoms with E-state index in [1.54, 1.807) is 25.1 Å². The zero-order chi connectivity index (χ0) is 13.8. The molecule has 19 heavy (non-hydrogen) atoms. The summed E-state index contributed by atoms with van der Waals surface area (Å²) in [7, 11) is 0. The first kappa shape index (κ1) is 13.2. The van der Waals surface area contributed by atoms with Crippen LogP contribution in [0.4, 0.5) is 0 Å². The second-order valence-corrected chi connectivity index (χ2v) is 4.31. The SMILES string of the molecule is CC(=O)N1CCC#Cc2ccccc2C(=O)OC1C. The van der Waals surface area contributed by atoms with Crippen LogP contribution in [-0.4, -0.2) is 29.5 Å². The van der Waals surface area contributed by atoms with Crippen LogP contribution in [0.2, 0.25) is 0 Å². The third-order valence-electron chi connectivity index (χ3n) is 2.97. The Labute approximate surface area is 112 Å². The molecule has 0 fully saturated rings. The topological polar surface area (TPSA) is 46.6 Å². The van der Waals surface area contributed by atoms with Crippen molar-refractivity contribution in [2.75, 3.05) is 6.54 Å². The Kier molecular flexibility index (Phi) is 3.86. The molecule has 1 aliphatic rings. The van der Waals surface area contributed by atoms with Gasteiger partial charge in [-0.25, -0.2) is 4.79 Å². The van der Waals surface area contributed by atoms with Crippen molar-refractivity contribution in [2.45, 2.75) is 26.5 Å². The second-order valence-electron chi connectivity index (χ2n) is 4.31. The van der Waals surface area contributed by atoms with Gasteiger partial charge in [-0.2, -0.15) is 0 Å². The molecule has 0 N–H and O–H groups in total. The van der Waals surface area contributed by atoms with Crippen LogP contribution in [-0.2, 0) is 9.53 Å². The van der Waals surface area contributed by atoms with Crippen molar-refractivity contribution in [3.8, 4) is 11.8 Å². The van der Waals surface area contributed by atoms with Crippen molar-refractivity contribution in [2.24, 2.45) is 0 Å². The molecule has 0 bridgehead atoms. The fraction of sp³-hybridized carbons (Fsp3) is 0.333. The maximum atomic E-state index is 12.1. The van der Waals surface area contributed by atoms with Gasteiger partial charge in [-0.1, -0.05) is 24.0 Å². The van der Waals surface area contributed by atoms with Gasteiger partial charge in [-0.3, -0.25) is 4.79 Å². The number of benzene rings is 1. The average molecular weight is 257 g/mol. The standard InChI is InChI=1S/C15H15NO3/c1-11(17)16-10-6-5-8-13-7-3-4-9-14(13)15(18)19-12(16)2/h3-4,7,9,12H,6,10H2,1-2H3. The number of hydrogen-bond acceptors (Lipinski definition) is 3. The molecule has 1 aromatic carbocycles. The Morgan fingerprint density at radius 2 is 2.16 bits per heavy atom. The Bertz CT molecular complexity index is 568. The first-order valence-electron chi connectivity index (χ1n) is 6.15. The van der Waals surface area contributed by atoms with E-state index in [0.29, 0.717) is 24.1 Å². The van der Waals surface area contributed by atoms with E-state index in [-0.39, 0.29) is 5.91 Å². The van der Waals surface area contributed by atoms with Crippen molar-refractivity contribution in [1.29, 1.82) is 0 Å². The molecule has 0 spiro atoms. The molecular weight excluding hydrogens is 242 g/mol. The molecule has 4 heteroatoms. The first-order valence-corrected chi connectivity index (χ1v) is 6.15. The van der Waals surface area contributed by atoms with Crippen molar-refractivity contribution in [3.05, 3.63) is 35.4 Å². The molecule has 2 rings (SSSR count). The molecule has 0 aliphatic carbocycles. The molecule has 0 saturated carbocycles. The summed E-state index contributed by atoms with van der Waals surface area (Å²) in [5.41, 5.74) is 1.10. The lowest BCUT2D eigenvalue weighted by atomic mass is 10.1. The third-order valence-corrected chi connectivity index (χ3v) is 2.97. The van der Waals surface area contributed by atoms with E-state index < -0.39 is 12.2 Å². The monoisotopic (exact) mass is 257 g/mol. The number of nitrogens with zero attached hydrogens (tertiary/aromatic N) is 1. The minimum absolute atomic E-state index is 0.129. The van der Waals surface area contributed by atoms with E-state index in [1.165, 1.54) is 11.8 Å². The van der Waals surface area contributed by atoms with E-state index in [2.05, 4.69) is 11.8 Å². The van der Waals surface area contributed by atoms with Gasteiger partial charge in [0.1, 0.15) is 0 Å². The molecule has 0 aromatic heterocycles. The van der Waals surface area contributed by atoms with Crippen molar-refractivity contribution in [3.63, 3.8) is 0 Å². The van der Waals surface area contributed by atoms with Crippen LogP contribution in [0.5, 0.6) is 0 Å². The number of carbonyl (C=O) groups is 2. The summed E-state index contributed by atoms with van der Waals surface area (Å²) in [5, 5.41) is 0. The molecule has 1 heterocycles. The van der Waals surface area contributed by atoms with Gasteiger partial charge in [0.15, 0.2) is 6.23 Å². The van der Waals surface area contributed by atoms with E-state index >= 15 is 0 Å². The number of ether oxygens (including phenoxy) is 1. The summed E-state index contributed by atoms with van der Waals surface area (Å²) < 4.78 is 5.33. The maximum Gasteiger partial charge on any atom is 0.341 e. The highest BCUT2D eigenvalue weighted by Crippen LogP contribution is 2.13. The van der Waals surface area contributed by atoms with Crippen LogP contribution in [0.15, 0.2) is 24.3 Å². The zero-order valence-electron chi connectivity index (χ0n) is 11.0. The maximum absolute atomic E-state index is 12.1. The number of amides is 1. The largest absolute Gasteiger partial charge is 0.438 e. The van der Waals surface area contributed by atoms with Crippen molar-refractivity contribution < 1.29 is 14.3 Å². The van der Waals surface area contributed by atoms with Gasteiger partial charge in [0.05, 0.1) is 5.56 Å². The number of esters is 1. The number of rotatable bonds is 0. The lowest BCUT2D eigenvalue weighted by Crippen LogP contribution is -2.40. The average Bonchev–Trinajstić information content (AvgIpc) is 2.37. The van der Waals surface area contributed by atoms with E-state index in [9.17, 15) is 9.59 Å². The third kappa shape index (κ3) is 2.94. The molecule has 4 nitrogen and oxygen atoms in total. The Morgan fingerprint density at radius 1 is 1.42 bits per heavy atom. The summed E-state index contributed by atoms with van der Waals surface area (Å²) >= 11 is 0. The number of hydrogen-bond donors (Lipinski definition) is 0. The first-order chi connectivity index (χ1) is 9.09. The van der Waals surface area contributed by atoms with Gasteiger partial charge in [-0.15, -0.1) is 0 Å². The molecule has 1 amide bonds. The smallest absolute Gasteiger partial charge is 0.341 e. The highest BCUT2D eigenvalue weighted by Gasteiger charge is 2.22. The Morgan fingerprint density at radius 3 is 2.89 bits per heavy atom.